The van der Waals surface area contributed by atoms with Gasteiger partial charge in [-0.2, -0.15) is 5.26 Å². The van der Waals surface area contributed by atoms with Crippen LogP contribution in [0.25, 0.3) is 22.7 Å². The molecule has 0 saturated carbocycles. The van der Waals surface area contributed by atoms with Crippen molar-refractivity contribution in [3.8, 4) is 11.8 Å². The van der Waals surface area contributed by atoms with Crippen molar-refractivity contribution in [3.05, 3.63) is 57.8 Å². The van der Waals surface area contributed by atoms with E-state index in [4.69, 9.17) is 27.9 Å². The first kappa shape index (κ1) is 16.4. The number of nitriles is 1. The largest absolute Gasteiger partial charge is 0.491 e. The Hall–Kier alpha value is -2.48. The lowest BCUT2D eigenvalue weighted by Gasteiger charge is -2.08. The van der Waals surface area contributed by atoms with Crippen LogP contribution in [0.15, 0.2) is 36.4 Å². The SMILES string of the molecule is CCOc1c(Cl)cc(/C=C(/C#N)c2nc3ccccc3[nH]2)cc1Cl. The normalized spacial score (nSPS) is 11.5. The van der Waals surface area contributed by atoms with Crippen LogP contribution >= 0.6 is 23.2 Å². The lowest BCUT2D eigenvalue weighted by molar-refractivity contribution is 0.340. The summed E-state index contributed by atoms with van der Waals surface area (Å²) in [7, 11) is 0. The summed E-state index contributed by atoms with van der Waals surface area (Å²) in [5.74, 6) is 0.944. The molecule has 0 aliphatic carbocycles. The molecule has 1 N–H and O–H groups in total. The Labute approximate surface area is 149 Å². The molecule has 2 aromatic carbocycles. The first-order chi connectivity index (χ1) is 11.6. The predicted molar refractivity (Wildman–Crippen MR) is 97.2 cm³/mol. The molecule has 0 aliphatic rings. The zero-order chi connectivity index (χ0) is 17.1. The topological polar surface area (TPSA) is 61.7 Å². The number of nitrogens with zero attached hydrogens (tertiary/aromatic N) is 2. The first-order valence-corrected chi connectivity index (χ1v) is 8.06. The zero-order valence-corrected chi connectivity index (χ0v) is 14.3. The Balaban J connectivity index is 2.03. The molecule has 4 nitrogen and oxygen atoms in total. The predicted octanol–water partition coefficient (Wildman–Crippen LogP) is 5.33. The Morgan fingerprint density at radius 3 is 2.62 bits per heavy atom. The molecule has 0 radical (unpaired) electrons. The van der Waals surface area contributed by atoms with Gasteiger partial charge >= 0.3 is 0 Å². The number of hydrogen-bond donors (Lipinski definition) is 1. The van der Waals surface area contributed by atoms with Gasteiger partial charge in [0.05, 0.1) is 33.3 Å². The van der Waals surface area contributed by atoms with Gasteiger partial charge in [-0.25, -0.2) is 4.98 Å². The van der Waals surface area contributed by atoms with E-state index in [2.05, 4.69) is 16.0 Å². The van der Waals surface area contributed by atoms with Gasteiger partial charge in [0.1, 0.15) is 11.9 Å². The van der Waals surface area contributed by atoms with Crippen molar-refractivity contribution < 1.29 is 4.74 Å². The Bertz CT molecular complexity index is 914. The van der Waals surface area contributed by atoms with Crippen molar-refractivity contribution >= 4 is 45.9 Å². The third-order valence-corrected chi connectivity index (χ3v) is 3.95. The van der Waals surface area contributed by atoms with Gasteiger partial charge in [0.25, 0.3) is 0 Å². The fourth-order valence-electron chi connectivity index (χ4n) is 2.35. The Morgan fingerprint density at radius 1 is 1.29 bits per heavy atom. The summed E-state index contributed by atoms with van der Waals surface area (Å²) < 4.78 is 5.41. The van der Waals surface area contributed by atoms with E-state index in [1.54, 1.807) is 18.2 Å². The quantitative estimate of drug-likeness (QED) is 0.641. The molecule has 0 atom stereocenters. The molecule has 0 spiro atoms. The van der Waals surface area contributed by atoms with Crippen LogP contribution in [0.3, 0.4) is 0 Å². The molecule has 0 aliphatic heterocycles. The maximum Gasteiger partial charge on any atom is 0.156 e. The standard InChI is InChI=1S/C18H13Cl2N3O/c1-2-24-17-13(19)8-11(9-14(17)20)7-12(10-21)18-22-15-5-3-4-6-16(15)23-18/h3-9H,2H2,1H3,(H,22,23)/b12-7-. The Kier molecular flexibility index (Phi) is 4.75. The van der Waals surface area contributed by atoms with Crippen LogP contribution in [0, 0.1) is 11.3 Å². The molecular weight excluding hydrogens is 345 g/mol. The van der Waals surface area contributed by atoms with E-state index < -0.39 is 0 Å². The van der Waals surface area contributed by atoms with Crippen molar-refractivity contribution in [2.75, 3.05) is 6.61 Å². The van der Waals surface area contributed by atoms with E-state index in [0.29, 0.717) is 39.4 Å². The highest BCUT2D eigenvalue weighted by molar-refractivity contribution is 6.37. The summed E-state index contributed by atoms with van der Waals surface area (Å²) in [4.78, 5) is 7.57. The molecule has 6 heteroatoms. The zero-order valence-electron chi connectivity index (χ0n) is 12.8. The minimum absolute atomic E-state index is 0.391. The average molecular weight is 358 g/mol. The Morgan fingerprint density at radius 2 is 2.00 bits per heavy atom. The van der Waals surface area contributed by atoms with E-state index in [-0.39, 0.29) is 0 Å². The number of fused-ring (bicyclic) bond motifs is 1. The fourth-order valence-corrected chi connectivity index (χ4v) is 2.96. The van der Waals surface area contributed by atoms with E-state index >= 15 is 0 Å². The molecule has 0 fully saturated rings. The molecule has 1 aromatic heterocycles. The van der Waals surface area contributed by atoms with E-state index in [0.717, 1.165) is 11.0 Å². The molecule has 3 aromatic rings. The molecule has 0 amide bonds. The minimum Gasteiger partial charge on any atom is -0.491 e. The van der Waals surface area contributed by atoms with Crippen LogP contribution in [0.5, 0.6) is 5.75 Å². The number of imidazole rings is 1. The number of aromatic nitrogens is 2. The highest BCUT2D eigenvalue weighted by atomic mass is 35.5. The summed E-state index contributed by atoms with van der Waals surface area (Å²) >= 11 is 12.4. The van der Waals surface area contributed by atoms with E-state index in [9.17, 15) is 5.26 Å². The number of rotatable bonds is 4. The number of halogens is 2. The number of para-hydroxylation sites is 2. The number of ether oxygens (including phenoxy) is 1. The molecule has 0 saturated heterocycles. The van der Waals surface area contributed by atoms with Gasteiger partial charge < -0.3 is 9.72 Å². The maximum absolute atomic E-state index is 9.47. The van der Waals surface area contributed by atoms with Gasteiger partial charge in [0.2, 0.25) is 0 Å². The summed E-state index contributed by atoms with van der Waals surface area (Å²) in [6.45, 7) is 2.33. The van der Waals surface area contributed by atoms with Gasteiger partial charge in [0.15, 0.2) is 5.75 Å². The van der Waals surface area contributed by atoms with Crippen molar-refractivity contribution in [1.29, 1.82) is 5.26 Å². The second-order valence-electron chi connectivity index (χ2n) is 5.02. The van der Waals surface area contributed by atoms with Crippen LogP contribution in [-0.2, 0) is 0 Å². The third-order valence-electron chi connectivity index (χ3n) is 3.39. The van der Waals surface area contributed by atoms with Gasteiger partial charge in [-0.05, 0) is 42.8 Å². The van der Waals surface area contributed by atoms with Crippen LogP contribution in [0.1, 0.15) is 18.3 Å². The number of H-pyrrole nitrogens is 1. The first-order valence-electron chi connectivity index (χ1n) is 7.31. The van der Waals surface area contributed by atoms with Crippen molar-refractivity contribution in [2.24, 2.45) is 0 Å². The van der Waals surface area contributed by atoms with Gasteiger partial charge in [-0.3, -0.25) is 0 Å². The second-order valence-corrected chi connectivity index (χ2v) is 5.83. The molecule has 120 valence electrons. The number of aromatic amines is 1. The highest BCUT2D eigenvalue weighted by Crippen LogP contribution is 2.35. The van der Waals surface area contributed by atoms with Crippen molar-refractivity contribution in [1.82, 2.24) is 9.97 Å². The lowest BCUT2D eigenvalue weighted by atomic mass is 10.1. The van der Waals surface area contributed by atoms with E-state index in [1.165, 1.54) is 0 Å². The van der Waals surface area contributed by atoms with Gasteiger partial charge in [-0.1, -0.05) is 35.3 Å². The highest BCUT2D eigenvalue weighted by Gasteiger charge is 2.11. The molecule has 0 bridgehead atoms. The molecule has 0 unspecified atom stereocenters. The van der Waals surface area contributed by atoms with Crippen LogP contribution < -0.4 is 4.74 Å². The second kappa shape index (κ2) is 6.96. The number of benzene rings is 2. The number of hydrogen-bond acceptors (Lipinski definition) is 3. The average Bonchev–Trinajstić information content (AvgIpc) is 2.99. The van der Waals surface area contributed by atoms with Gasteiger partial charge in [0, 0.05) is 0 Å². The molecule has 24 heavy (non-hydrogen) atoms. The fraction of sp³-hybridized carbons (Fsp3) is 0.111. The van der Waals surface area contributed by atoms with Crippen LogP contribution in [0.4, 0.5) is 0 Å². The van der Waals surface area contributed by atoms with Crippen molar-refractivity contribution in [2.45, 2.75) is 6.92 Å². The maximum atomic E-state index is 9.47. The summed E-state index contributed by atoms with van der Waals surface area (Å²) in [6, 6.07) is 13.2. The lowest BCUT2D eigenvalue weighted by Crippen LogP contribution is -1.94. The summed E-state index contributed by atoms with van der Waals surface area (Å²) in [5, 5.41) is 10.3. The van der Waals surface area contributed by atoms with E-state index in [1.807, 2.05) is 31.2 Å². The third kappa shape index (κ3) is 3.23. The molecule has 3 rings (SSSR count). The summed E-state index contributed by atoms with van der Waals surface area (Å²) in [5.41, 5.74) is 2.76. The molecule has 1 heterocycles. The van der Waals surface area contributed by atoms with Crippen LogP contribution in [0.2, 0.25) is 10.0 Å². The van der Waals surface area contributed by atoms with Crippen molar-refractivity contribution in [3.63, 3.8) is 0 Å². The minimum atomic E-state index is 0.391. The monoisotopic (exact) mass is 357 g/mol. The van der Waals surface area contributed by atoms with Crippen LogP contribution in [-0.4, -0.2) is 16.6 Å². The number of allylic oxidation sites excluding steroid dienone is 1. The number of nitrogens with one attached hydrogen (secondary N) is 1. The molecular formula is C18H13Cl2N3O. The van der Waals surface area contributed by atoms with Gasteiger partial charge in [-0.15, -0.1) is 0 Å². The smallest absolute Gasteiger partial charge is 0.156 e. The summed E-state index contributed by atoms with van der Waals surface area (Å²) in [6.07, 6.45) is 1.69.